The van der Waals surface area contributed by atoms with Gasteiger partial charge in [-0.1, -0.05) is 0 Å². The molecule has 2 atom stereocenters. The van der Waals surface area contributed by atoms with Gasteiger partial charge in [-0.15, -0.1) is 11.6 Å². The topological polar surface area (TPSA) is 38.1 Å². The lowest BCUT2D eigenvalue weighted by Crippen LogP contribution is -2.40. The van der Waals surface area contributed by atoms with Crippen LogP contribution in [0.25, 0.3) is 0 Å². The van der Waals surface area contributed by atoms with Crippen molar-refractivity contribution in [3.8, 4) is 0 Å². The quantitative estimate of drug-likeness (QED) is 0.778. The first-order valence-electron chi connectivity index (χ1n) is 7.60. The molecule has 2 saturated carbocycles. The summed E-state index contributed by atoms with van der Waals surface area (Å²) in [6, 6.07) is 0.104. The number of amides is 1. The first kappa shape index (κ1) is 15.7. The standard InChI is InChI=1S/C15H20ClF2N3O/c1-9(2)21-8-10(6-19-21)7-20(14(22)5-16)11-3-12-13(4-11)15(12,17)18/h6,8-9,11-13H,3-5,7H2,1-2H3. The number of rotatable bonds is 5. The van der Waals surface area contributed by atoms with Crippen LogP contribution in [-0.4, -0.2) is 38.4 Å². The zero-order chi connectivity index (χ0) is 16.1. The number of carbonyl (C=O) groups excluding carboxylic acids is 1. The second-order valence-electron chi connectivity index (χ2n) is 6.59. The third-order valence-electron chi connectivity index (χ3n) is 4.83. The average Bonchev–Trinajstić information content (AvgIpc) is 2.94. The minimum Gasteiger partial charge on any atom is -0.334 e. The van der Waals surface area contributed by atoms with Crippen LogP contribution in [0.15, 0.2) is 12.4 Å². The summed E-state index contributed by atoms with van der Waals surface area (Å²) >= 11 is 5.69. The van der Waals surface area contributed by atoms with E-state index < -0.39 is 17.8 Å². The van der Waals surface area contributed by atoms with Crippen molar-refractivity contribution in [2.75, 3.05) is 5.88 Å². The zero-order valence-corrected chi connectivity index (χ0v) is 13.4. The van der Waals surface area contributed by atoms with Crippen molar-refractivity contribution in [1.29, 1.82) is 0 Å². The largest absolute Gasteiger partial charge is 0.334 e. The number of hydrogen-bond donors (Lipinski definition) is 0. The van der Waals surface area contributed by atoms with E-state index in [0.717, 1.165) is 5.56 Å². The van der Waals surface area contributed by atoms with E-state index in [2.05, 4.69) is 5.10 Å². The number of alkyl halides is 3. The Hall–Kier alpha value is -1.17. The Morgan fingerprint density at radius 1 is 1.50 bits per heavy atom. The molecule has 1 aromatic rings. The van der Waals surface area contributed by atoms with E-state index in [9.17, 15) is 13.6 Å². The number of aromatic nitrogens is 2. The monoisotopic (exact) mass is 331 g/mol. The molecule has 0 N–H and O–H groups in total. The normalized spacial score (nSPS) is 28.7. The molecule has 3 rings (SSSR count). The summed E-state index contributed by atoms with van der Waals surface area (Å²) < 4.78 is 28.5. The van der Waals surface area contributed by atoms with E-state index in [-0.39, 0.29) is 23.9 Å². The number of fused-ring (bicyclic) bond motifs is 1. The molecule has 122 valence electrons. The number of nitrogens with zero attached hydrogens (tertiary/aromatic N) is 3. The van der Waals surface area contributed by atoms with E-state index in [1.807, 2.05) is 24.7 Å². The van der Waals surface area contributed by atoms with E-state index >= 15 is 0 Å². The minimum absolute atomic E-state index is 0.124. The molecule has 22 heavy (non-hydrogen) atoms. The molecule has 0 aromatic carbocycles. The summed E-state index contributed by atoms with van der Waals surface area (Å²) in [7, 11) is 0. The molecule has 2 unspecified atom stereocenters. The molecule has 1 aromatic heterocycles. The van der Waals surface area contributed by atoms with Gasteiger partial charge in [0.25, 0.3) is 5.92 Å². The lowest BCUT2D eigenvalue weighted by Gasteiger charge is -2.30. The number of halogens is 3. The van der Waals surface area contributed by atoms with E-state index in [1.54, 1.807) is 11.1 Å². The van der Waals surface area contributed by atoms with Gasteiger partial charge in [-0.2, -0.15) is 5.10 Å². The minimum atomic E-state index is -2.52. The highest BCUT2D eigenvalue weighted by Crippen LogP contribution is 2.64. The molecule has 0 saturated heterocycles. The molecule has 7 heteroatoms. The van der Waals surface area contributed by atoms with Crippen LogP contribution < -0.4 is 0 Å². The highest BCUT2D eigenvalue weighted by atomic mass is 35.5. The lowest BCUT2D eigenvalue weighted by molar-refractivity contribution is -0.132. The van der Waals surface area contributed by atoms with Crippen LogP contribution in [0.3, 0.4) is 0 Å². The summed E-state index contributed by atoms with van der Waals surface area (Å²) in [5, 5.41) is 4.25. The predicted molar refractivity (Wildman–Crippen MR) is 78.8 cm³/mol. The second-order valence-corrected chi connectivity index (χ2v) is 6.86. The Balaban J connectivity index is 1.70. The van der Waals surface area contributed by atoms with Crippen LogP contribution in [0.2, 0.25) is 0 Å². The van der Waals surface area contributed by atoms with Crippen molar-refractivity contribution in [2.45, 2.75) is 51.2 Å². The Bertz CT molecular complexity index is 561. The average molecular weight is 332 g/mol. The van der Waals surface area contributed by atoms with Crippen molar-refractivity contribution in [2.24, 2.45) is 11.8 Å². The van der Waals surface area contributed by atoms with Gasteiger partial charge in [0.2, 0.25) is 5.91 Å². The summed E-state index contributed by atoms with van der Waals surface area (Å²) in [6.07, 6.45) is 4.36. The van der Waals surface area contributed by atoms with Gasteiger partial charge in [-0.25, -0.2) is 8.78 Å². The van der Waals surface area contributed by atoms with E-state index in [4.69, 9.17) is 11.6 Å². The first-order chi connectivity index (χ1) is 10.3. The molecular weight excluding hydrogens is 312 g/mol. The van der Waals surface area contributed by atoms with Crippen molar-refractivity contribution in [3.63, 3.8) is 0 Å². The van der Waals surface area contributed by atoms with Crippen LogP contribution in [0.4, 0.5) is 8.78 Å². The summed E-state index contributed by atoms with van der Waals surface area (Å²) in [6.45, 7) is 4.42. The SMILES string of the molecule is CC(C)n1cc(CN(C(=O)CCl)C2CC3C(C2)C3(F)F)cn1. The van der Waals surface area contributed by atoms with Gasteiger partial charge in [0.05, 0.1) is 6.20 Å². The van der Waals surface area contributed by atoms with Crippen molar-refractivity contribution < 1.29 is 13.6 Å². The summed E-state index contributed by atoms with van der Waals surface area (Å²) in [4.78, 5) is 13.8. The molecule has 0 spiro atoms. The molecule has 2 aliphatic carbocycles. The van der Waals surface area contributed by atoms with Gasteiger partial charge < -0.3 is 4.90 Å². The molecule has 2 aliphatic rings. The smallest absolute Gasteiger partial charge is 0.254 e. The summed E-state index contributed by atoms with van der Waals surface area (Å²) in [5.74, 6) is -3.95. The Morgan fingerprint density at radius 3 is 2.64 bits per heavy atom. The fraction of sp³-hybridized carbons (Fsp3) is 0.733. The van der Waals surface area contributed by atoms with E-state index in [1.165, 1.54) is 0 Å². The summed E-state index contributed by atoms with van der Waals surface area (Å²) in [5.41, 5.74) is 0.902. The zero-order valence-electron chi connectivity index (χ0n) is 12.7. The molecule has 4 nitrogen and oxygen atoms in total. The van der Waals surface area contributed by atoms with Crippen LogP contribution in [-0.2, 0) is 11.3 Å². The van der Waals surface area contributed by atoms with Gasteiger partial charge in [-0.05, 0) is 26.7 Å². The molecule has 0 bridgehead atoms. The van der Waals surface area contributed by atoms with Crippen LogP contribution in [0, 0.1) is 11.8 Å². The predicted octanol–water partition coefficient (Wildman–Crippen LogP) is 3.08. The third-order valence-corrected chi connectivity index (χ3v) is 5.06. The molecule has 1 heterocycles. The molecule has 0 radical (unpaired) electrons. The van der Waals surface area contributed by atoms with Crippen LogP contribution in [0.1, 0.15) is 38.3 Å². The van der Waals surface area contributed by atoms with Gasteiger partial charge in [-0.3, -0.25) is 9.48 Å². The molecule has 1 amide bonds. The maximum absolute atomic E-state index is 13.3. The second kappa shape index (κ2) is 5.48. The van der Waals surface area contributed by atoms with Gasteiger partial charge >= 0.3 is 0 Å². The Kier molecular flexibility index (Phi) is 3.91. The molecule has 0 aliphatic heterocycles. The first-order valence-corrected chi connectivity index (χ1v) is 8.14. The van der Waals surface area contributed by atoms with Crippen LogP contribution in [0.5, 0.6) is 0 Å². The van der Waals surface area contributed by atoms with E-state index in [0.29, 0.717) is 19.4 Å². The fourth-order valence-electron chi connectivity index (χ4n) is 3.48. The third kappa shape index (κ3) is 2.62. The molecular formula is C15H20ClF2N3O. The van der Waals surface area contributed by atoms with Gasteiger partial charge in [0, 0.05) is 42.2 Å². The highest BCUT2D eigenvalue weighted by Gasteiger charge is 2.72. The van der Waals surface area contributed by atoms with Crippen molar-refractivity contribution in [1.82, 2.24) is 14.7 Å². The maximum Gasteiger partial charge on any atom is 0.254 e. The van der Waals surface area contributed by atoms with Crippen molar-refractivity contribution in [3.05, 3.63) is 18.0 Å². The number of hydrogen-bond acceptors (Lipinski definition) is 2. The maximum atomic E-state index is 13.3. The number of carbonyl (C=O) groups is 1. The Morgan fingerprint density at radius 2 is 2.14 bits per heavy atom. The van der Waals surface area contributed by atoms with Crippen molar-refractivity contribution >= 4 is 17.5 Å². The van der Waals surface area contributed by atoms with Gasteiger partial charge in [0.1, 0.15) is 5.88 Å². The highest BCUT2D eigenvalue weighted by molar-refractivity contribution is 6.27. The van der Waals surface area contributed by atoms with Crippen LogP contribution >= 0.6 is 11.6 Å². The molecule has 2 fully saturated rings. The lowest BCUT2D eigenvalue weighted by atomic mass is 10.1. The van der Waals surface area contributed by atoms with Gasteiger partial charge in [0.15, 0.2) is 0 Å². The fourth-order valence-corrected chi connectivity index (χ4v) is 3.63. The Labute approximate surface area is 133 Å².